The molecule has 0 amide bonds. The largest absolute Gasteiger partial charge is 0.496 e. The van der Waals surface area contributed by atoms with Crippen LogP contribution >= 0.6 is 11.6 Å². The van der Waals surface area contributed by atoms with Gasteiger partial charge in [0, 0.05) is 18.2 Å². The maximum absolute atomic E-state index is 13.2. The molecule has 19 heavy (non-hydrogen) atoms. The second kappa shape index (κ2) is 5.80. The van der Waals surface area contributed by atoms with Gasteiger partial charge in [-0.15, -0.1) is 0 Å². The molecule has 0 aliphatic carbocycles. The van der Waals surface area contributed by atoms with Crippen molar-refractivity contribution in [3.05, 3.63) is 52.8 Å². The highest BCUT2D eigenvalue weighted by Crippen LogP contribution is 2.27. The fourth-order valence-electron chi connectivity index (χ4n) is 1.75. The molecule has 2 aromatic rings. The van der Waals surface area contributed by atoms with E-state index in [0.717, 1.165) is 11.3 Å². The first-order valence-corrected chi connectivity index (χ1v) is 6.10. The average Bonchev–Trinajstić information content (AvgIpc) is 2.41. The van der Waals surface area contributed by atoms with Gasteiger partial charge in [-0.25, -0.2) is 4.39 Å². The Balaban J connectivity index is 2.17. The molecule has 2 aromatic carbocycles. The van der Waals surface area contributed by atoms with Crippen molar-refractivity contribution < 1.29 is 9.13 Å². The number of ether oxygens (including phenoxy) is 1. The summed E-state index contributed by atoms with van der Waals surface area (Å²) in [4.78, 5) is 0. The van der Waals surface area contributed by atoms with Gasteiger partial charge < -0.3 is 15.8 Å². The van der Waals surface area contributed by atoms with E-state index in [1.165, 1.54) is 12.1 Å². The monoisotopic (exact) mass is 280 g/mol. The van der Waals surface area contributed by atoms with E-state index in [1.807, 2.05) is 24.3 Å². The lowest BCUT2D eigenvalue weighted by atomic mass is 10.2. The lowest BCUT2D eigenvalue weighted by Crippen LogP contribution is -2.04. The number of anilines is 2. The van der Waals surface area contributed by atoms with Gasteiger partial charge in [-0.2, -0.15) is 0 Å². The molecule has 0 unspecified atom stereocenters. The topological polar surface area (TPSA) is 47.3 Å². The van der Waals surface area contributed by atoms with Crippen molar-refractivity contribution in [3.63, 3.8) is 0 Å². The lowest BCUT2D eigenvalue weighted by molar-refractivity contribution is 0.410. The van der Waals surface area contributed by atoms with E-state index in [4.69, 9.17) is 22.1 Å². The molecule has 0 aromatic heterocycles. The fourth-order valence-corrected chi connectivity index (χ4v) is 1.92. The zero-order chi connectivity index (χ0) is 13.8. The number of para-hydroxylation sites is 1. The van der Waals surface area contributed by atoms with Crippen LogP contribution < -0.4 is 15.8 Å². The van der Waals surface area contributed by atoms with Gasteiger partial charge >= 0.3 is 0 Å². The third-order valence-electron chi connectivity index (χ3n) is 2.75. The summed E-state index contributed by atoms with van der Waals surface area (Å²) in [6.45, 7) is 0.510. The highest BCUT2D eigenvalue weighted by atomic mass is 35.5. The fraction of sp³-hybridized carbons (Fsp3) is 0.143. The van der Waals surface area contributed by atoms with E-state index in [-0.39, 0.29) is 5.02 Å². The van der Waals surface area contributed by atoms with Crippen molar-refractivity contribution in [2.24, 2.45) is 0 Å². The van der Waals surface area contributed by atoms with Crippen LogP contribution in [-0.2, 0) is 6.54 Å². The van der Waals surface area contributed by atoms with Crippen LogP contribution in [0.1, 0.15) is 5.56 Å². The molecule has 0 spiro atoms. The van der Waals surface area contributed by atoms with Crippen molar-refractivity contribution in [3.8, 4) is 5.75 Å². The van der Waals surface area contributed by atoms with Crippen LogP contribution in [0.5, 0.6) is 5.75 Å². The number of hydrogen-bond acceptors (Lipinski definition) is 3. The van der Waals surface area contributed by atoms with Gasteiger partial charge in [-0.05, 0) is 12.1 Å². The van der Waals surface area contributed by atoms with Crippen LogP contribution in [0.15, 0.2) is 36.4 Å². The predicted molar refractivity (Wildman–Crippen MR) is 76.1 cm³/mol. The molecule has 0 saturated heterocycles. The molecule has 3 N–H and O–H groups in total. The Morgan fingerprint density at radius 1 is 1.32 bits per heavy atom. The highest BCUT2D eigenvalue weighted by molar-refractivity contribution is 6.31. The number of benzene rings is 2. The van der Waals surface area contributed by atoms with Crippen LogP contribution in [0.4, 0.5) is 15.8 Å². The van der Waals surface area contributed by atoms with E-state index >= 15 is 0 Å². The summed E-state index contributed by atoms with van der Waals surface area (Å²) >= 11 is 5.73. The molecule has 5 heteroatoms. The second-order valence-electron chi connectivity index (χ2n) is 4.02. The minimum Gasteiger partial charge on any atom is -0.496 e. The first kappa shape index (κ1) is 13.5. The summed E-state index contributed by atoms with van der Waals surface area (Å²) in [6.07, 6.45) is 0. The summed E-state index contributed by atoms with van der Waals surface area (Å²) in [7, 11) is 1.61. The number of nitrogen functional groups attached to an aromatic ring is 1. The zero-order valence-corrected chi connectivity index (χ0v) is 11.2. The maximum atomic E-state index is 13.2. The van der Waals surface area contributed by atoms with Crippen molar-refractivity contribution in [2.45, 2.75) is 6.54 Å². The molecule has 0 heterocycles. The molecule has 2 rings (SSSR count). The predicted octanol–water partition coefficient (Wildman–Crippen LogP) is 3.68. The van der Waals surface area contributed by atoms with Crippen LogP contribution in [0, 0.1) is 5.82 Å². The van der Waals surface area contributed by atoms with Crippen molar-refractivity contribution in [2.75, 3.05) is 18.2 Å². The summed E-state index contributed by atoms with van der Waals surface area (Å²) in [5.41, 5.74) is 7.62. The Kier molecular flexibility index (Phi) is 4.12. The Labute approximate surface area is 116 Å². The standard InChI is InChI=1S/C14H14ClFN2O/c1-19-14-5-3-2-4-9(14)8-18-13-6-10(15)11(16)7-12(13)17/h2-7,18H,8,17H2,1H3. The molecule has 0 aliphatic rings. The molecule has 3 nitrogen and oxygen atoms in total. The Morgan fingerprint density at radius 2 is 2.05 bits per heavy atom. The first-order valence-electron chi connectivity index (χ1n) is 5.72. The molecular weight excluding hydrogens is 267 g/mol. The van der Waals surface area contributed by atoms with Crippen LogP contribution in [0.3, 0.4) is 0 Å². The lowest BCUT2D eigenvalue weighted by Gasteiger charge is -2.12. The summed E-state index contributed by atoms with van der Waals surface area (Å²) in [5, 5.41) is 3.15. The maximum Gasteiger partial charge on any atom is 0.143 e. The number of methoxy groups -OCH3 is 1. The summed E-state index contributed by atoms with van der Waals surface area (Å²) in [5.74, 6) is 0.254. The molecule has 0 radical (unpaired) electrons. The smallest absolute Gasteiger partial charge is 0.143 e. The van der Waals surface area contributed by atoms with E-state index in [1.54, 1.807) is 7.11 Å². The number of nitrogens with two attached hydrogens (primary N) is 1. The number of halogens is 2. The molecular formula is C14H14ClFN2O. The minimum atomic E-state index is -0.526. The normalized spacial score (nSPS) is 10.3. The van der Waals surface area contributed by atoms with Crippen LogP contribution in [0.25, 0.3) is 0 Å². The minimum absolute atomic E-state index is 0.0386. The molecule has 100 valence electrons. The van der Waals surface area contributed by atoms with E-state index in [0.29, 0.717) is 17.9 Å². The molecule has 0 atom stereocenters. The van der Waals surface area contributed by atoms with Crippen molar-refractivity contribution >= 4 is 23.0 Å². The molecule has 0 fully saturated rings. The van der Waals surface area contributed by atoms with Gasteiger partial charge in [0.1, 0.15) is 11.6 Å². The van der Waals surface area contributed by atoms with Crippen molar-refractivity contribution in [1.29, 1.82) is 0 Å². The number of rotatable bonds is 4. The van der Waals surface area contributed by atoms with Gasteiger partial charge in [0.15, 0.2) is 0 Å². The van der Waals surface area contributed by atoms with Gasteiger partial charge in [0.2, 0.25) is 0 Å². The quantitative estimate of drug-likeness (QED) is 0.840. The van der Waals surface area contributed by atoms with E-state index in [2.05, 4.69) is 5.32 Å². The zero-order valence-electron chi connectivity index (χ0n) is 10.4. The molecule has 0 bridgehead atoms. The van der Waals surface area contributed by atoms with E-state index < -0.39 is 5.82 Å². The summed E-state index contributed by atoms with van der Waals surface area (Å²) in [6, 6.07) is 10.3. The SMILES string of the molecule is COc1ccccc1CNc1cc(Cl)c(F)cc1N. The Morgan fingerprint density at radius 3 is 2.79 bits per heavy atom. The van der Waals surface area contributed by atoms with Crippen LogP contribution in [-0.4, -0.2) is 7.11 Å². The second-order valence-corrected chi connectivity index (χ2v) is 4.43. The third kappa shape index (κ3) is 3.09. The Hall–Kier alpha value is -1.94. The van der Waals surface area contributed by atoms with Gasteiger partial charge in [-0.1, -0.05) is 29.8 Å². The summed E-state index contributed by atoms with van der Waals surface area (Å²) < 4.78 is 18.4. The first-order chi connectivity index (χ1) is 9.11. The molecule has 0 aliphatic heterocycles. The number of hydrogen-bond donors (Lipinski definition) is 2. The average molecular weight is 281 g/mol. The highest BCUT2D eigenvalue weighted by Gasteiger charge is 2.07. The van der Waals surface area contributed by atoms with Gasteiger partial charge in [-0.3, -0.25) is 0 Å². The van der Waals surface area contributed by atoms with Gasteiger partial charge in [0.05, 0.1) is 23.5 Å². The number of nitrogens with one attached hydrogen (secondary N) is 1. The van der Waals surface area contributed by atoms with Crippen molar-refractivity contribution in [1.82, 2.24) is 0 Å². The Bertz CT molecular complexity index is 590. The third-order valence-corrected chi connectivity index (χ3v) is 3.04. The van der Waals surface area contributed by atoms with E-state index in [9.17, 15) is 4.39 Å². The molecule has 0 saturated carbocycles. The van der Waals surface area contributed by atoms with Crippen LogP contribution in [0.2, 0.25) is 5.02 Å². The van der Waals surface area contributed by atoms with Gasteiger partial charge in [0.25, 0.3) is 0 Å².